The highest BCUT2D eigenvalue weighted by molar-refractivity contribution is 5.85. The number of piperazine rings is 1. The van der Waals surface area contributed by atoms with E-state index >= 15 is 0 Å². The van der Waals surface area contributed by atoms with Crippen molar-refractivity contribution in [1.29, 1.82) is 0 Å². The quantitative estimate of drug-likeness (QED) is 0.902. The standard InChI is InChI=1S/C16H23FN2.2ClH/c1-12-2-5-14(17)11-15(12)16(10-13-3-4-13)19-8-6-18-7-9-19;;/h2,5,11,13,16,18H,3-4,6-10H2,1H3;2*1H/t16-;;/m0../s1. The molecule has 1 heterocycles. The third kappa shape index (κ3) is 4.82. The zero-order chi connectivity index (χ0) is 13.2. The van der Waals surface area contributed by atoms with Gasteiger partial charge in [-0.1, -0.05) is 18.9 Å². The Labute approximate surface area is 139 Å². The van der Waals surface area contributed by atoms with Gasteiger partial charge in [-0.3, -0.25) is 4.90 Å². The second-order valence-corrected chi connectivity index (χ2v) is 5.98. The number of nitrogens with one attached hydrogen (secondary N) is 1. The molecule has 1 saturated carbocycles. The van der Waals surface area contributed by atoms with E-state index in [1.807, 2.05) is 6.07 Å². The molecule has 3 rings (SSSR count). The number of rotatable bonds is 4. The summed E-state index contributed by atoms with van der Waals surface area (Å²) in [6.45, 7) is 6.36. The van der Waals surface area contributed by atoms with Gasteiger partial charge in [-0.15, -0.1) is 24.8 Å². The normalized spacial score (nSPS) is 20.3. The minimum absolute atomic E-state index is 0. The van der Waals surface area contributed by atoms with E-state index in [9.17, 15) is 4.39 Å². The minimum Gasteiger partial charge on any atom is -0.314 e. The van der Waals surface area contributed by atoms with Crippen LogP contribution in [0.2, 0.25) is 0 Å². The molecule has 1 aromatic rings. The third-order valence-corrected chi connectivity index (χ3v) is 4.45. The van der Waals surface area contributed by atoms with Crippen molar-refractivity contribution in [1.82, 2.24) is 10.2 Å². The maximum Gasteiger partial charge on any atom is 0.123 e. The molecule has 21 heavy (non-hydrogen) atoms. The molecule has 0 radical (unpaired) electrons. The summed E-state index contributed by atoms with van der Waals surface area (Å²) >= 11 is 0. The molecule has 1 aliphatic heterocycles. The highest BCUT2D eigenvalue weighted by Gasteiger charge is 2.31. The van der Waals surface area contributed by atoms with Gasteiger partial charge in [0, 0.05) is 32.2 Å². The first-order valence-electron chi connectivity index (χ1n) is 7.45. The lowest BCUT2D eigenvalue weighted by Gasteiger charge is -2.36. The fraction of sp³-hybridized carbons (Fsp3) is 0.625. The molecule has 0 unspecified atom stereocenters. The van der Waals surface area contributed by atoms with E-state index in [1.165, 1.54) is 30.4 Å². The number of hydrogen-bond acceptors (Lipinski definition) is 2. The van der Waals surface area contributed by atoms with Crippen molar-refractivity contribution in [3.63, 3.8) is 0 Å². The Morgan fingerprint density at radius 2 is 1.90 bits per heavy atom. The Bertz CT molecular complexity index is 446. The average Bonchev–Trinajstić information content (AvgIpc) is 3.24. The SMILES string of the molecule is Cc1ccc(F)cc1[C@H](CC1CC1)N1CCNCC1.Cl.Cl. The molecule has 1 saturated heterocycles. The summed E-state index contributed by atoms with van der Waals surface area (Å²) in [5.74, 6) is 0.763. The van der Waals surface area contributed by atoms with Gasteiger partial charge in [0.2, 0.25) is 0 Å². The van der Waals surface area contributed by atoms with Crippen molar-refractivity contribution in [3.8, 4) is 0 Å². The molecule has 5 heteroatoms. The Morgan fingerprint density at radius 1 is 1.24 bits per heavy atom. The van der Waals surface area contributed by atoms with Crippen LogP contribution in [-0.4, -0.2) is 31.1 Å². The number of nitrogens with zero attached hydrogens (tertiary/aromatic N) is 1. The number of hydrogen-bond donors (Lipinski definition) is 1. The summed E-state index contributed by atoms with van der Waals surface area (Å²) in [7, 11) is 0. The van der Waals surface area contributed by atoms with Gasteiger partial charge in [-0.2, -0.15) is 0 Å². The third-order valence-electron chi connectivity index (χ3n) is 4.45. The molecule has 120 valence electrons. The molecule has 1 aromatic carbocycles. The maximum absolute atomic E-state index is 13.6. The van der Waals surface area contributed by atoms with Crippen molar-refractivity contribution in [3.05, 3.63) is 35.1 Å². The van der Waals surface area contributed by atoms with Gasteiger partial charge in [0.05, 0.1) is 0 Å². The van der Waals surface area contributed by atoms with Crippen LogP contribution in [0.3, 0.4) is 0 Å². The molecule has 1 atom stereocenters. The van der Waals surface area contributed by atoms with E-state index in [-0.39, 0.29) is 30.6 Å². The molecular formula is C16H25Cl2FN2. The van der Waals surface area contributed by atoms with Crippen LogP contribution in [0.5, 0.6) is 0 Å². The van der Waals surface area contributed by atoms with E-state index in [2.05, 4.69) is 17.1 Å². The smallest absolute Gasteiger partial charge is 0.123 e. The van der Waals surface area contributed by atoms with Gasteiger partial charge < -0.3 is 5.32 Å². The first-order valence-corrected chi connectivity index (χ1v) is 7.45. The highest BCUT2D eigenvalue weighted by atomic mass is 35.5. The van der Waals surface area contributed by atoms with E-state index in [4.69, 9.17) is 0 Å². The Morgan fingerprint density at radius 3 is 2.52 bits per heavy atom. The van der Waals surface area contributed by atoms with Crippen LogP contribution in [0.4, 0.5) is 4.39 Å². The number of aryl methyl sites for hydroxylation is 1. The van der Waals surface area contributed by atoms with Crippen LogP contribution >= 0.6 is 24.8 Å². The molecule has 1 aliphatic carbocycles. The van der Waals surface area contributed by atoms with Crippen molar-refractivity contribution in [2.45, 2.75) is 32.2 Å². The number of halogens is 3. The maximum atomic E-state index is 13.6. The lowest BCUT2D eigenvalue weighted by molar-refractivity contribution is 0.160. The van der Waals surface area contributed by atoms with Gasteiger partial charge in [0.25, 0.3) is 0 Å². The summed E-state index contributed by atoms with van der Waals surface area (Å²) < 4.78 is 13.6. The Kier molecular flexibility index (Phi) is 7.41. The molecule has 2 nitrogen and oxygen atoms in total. The first kappa shape index (κ1) is 18.7. The lowest BCUT2D eigenvalue weighted by atomic mass is 9.94. The highest BCUT2D eigenvalue weighted by Crippen LogP contribution is 2.41. The molecule has 0 bridgehead atoms. The van der Waals surface area contributed by atoms with Crippen LogP contribution in [0.25, 0.3) is 0 Å². The molecule has 0 amide bonds. The topological polar surface area (TPSA) is 15.3 Å². The summed E-state index contributed by atoms with van der Waals surface area (Å²) in [6, 6.07) is 5.66. The van der Waals surface area contributed by atoms with E-state index in [0.29, 0.717) is 6.04 Å². The Balaban J connectivity index is 0.00000110. The van der Waals surface area contributed by atoms with Crippen LogP contribution in [0, 0.1) is 18.7 Å². The second-order valence-electron chi connectivity index (χ2n) is 5.98. The van der Waals surface area contributed by atoms with Gasteiger partial charge in [-0.05, 0) is 42.5 Å². The van der Waals surface area contributed by atoms with E-state index in [0.717, 1.165) is 32.1 Å². The number of benzene rings is 1. The lowest BCUT2D eigenvalue weighted by Crippen LogP contribution is -2.45. The van der Waals surface area contributed by atoms with Gasteiger partial charge in [-0.25, -0.2) is 4.39 Å². The van der Waals surface area contributed by atoms with Crippen molar-refractivity contribution in [2.24, 2.45) is 5.92 Å². The minimum atomic E-state index is -0.100. The largest absolute Gasteiger partial charge is 0.314 e. The van der Waals surface area contributed by atoms with Crippen molar-refractivity contribution < 1.29 is 4.39 Å². The van der Waals surface area contributed by atoms with Gasteiger partial charge >= 0.3 is 0 Å². The summed E-state index contributed by atoms with van der Waals surface area (Å²) in [5, 5.41) is 3.40. The molecule has 2 aliphatic rings. The second kappa shape index (κ2) is 8.33. The van der Waals surface area contributed by atoms with Crippen LogP contribution in [-0.2, 0) is 0 Å². The fourth-order valence-electron chi connectivity index (χ4n) is 3.11. The van der Waals surface area contributed by atoms with Gasteiger partial charge in [0.15, 0.2) is 0 Å². The van der Waals surface area contributed by atoms with Crippen LogP contribution in [0.15, 0.2) is 18.2 Å². The fourth-order valence-corrected chi connectivity index (χ4v) is 3.11. The average molecular weight is 335 g/mol. The summed E-state index contributed by atoms with van der Waals surface area (Å²) in [6.07, 6.45) is 3.91. The van der Waals surface area contributed by atoms with E-state index < -0.39 is 0 Å². The van der Waals surface area contributed by atoms with Gasteiger partial charge in [0.1, 0.15) is 5.82 Å². The van der Waals surface area contributed by atoms with Crippen molar-refractivity contribution >= 4 is 24.8 Å². The molecule has 1 N–H and O–H groups in total. The van der Waals surface area contributed by atoms with Crippen molar-refractivity contribution in [2.75, 3.05) is 26.2 Å². The van der Waals surface area contributed by atoms with Crippen LogP contribution < -0.4 is 5.32 Å². The summed E-state index contributed by atoms with van der Waals surface area (Å²) in [4.78, 5) is 2.54. The first-order chi connectivity index (χ1) is 9.24. The molecule has 0 spiro atoms. The predicted molar refractivity (Wildman–Crippen MR) is 90.2 cm³/mol. The van der Waals surface area contributed by atoms with E-state index in [1.54, 1.807) is 12.1 Å². The zero-order valence-corrected chi connectivity index (χ0v) is 14.1. The van der Waals surface area contributed by atoms with Crippen LogP contribution in [0.1, 0.15) is 36.4 Å². The monoisotopic (exact) mass is 334 g/mol. The zero-order valence-electron chi connectivity index (χ0n) is 12.5. The Hall–Kier alpha value is -0.350. The molecule has 2 fully saturated rings. The summed E-state index contributed by atoms with van der Waals surface area (Å²) in [5.41, 5.74) is 2.43. The molecular weight excluding hydrogens is 310 g/mol. The predicted octanol–water partition coefficient (Wildman–Crippen LogP) is 3.72. The molecule has 0 aromatic heterocycles.